The molecule has 0 radical (unpaired) electrons. The fourth-order valence-corrected chi connectivity index (χ4v) is 20.8. The lowest BCUT2D eigenvalue weighted by Gasteiger charge is -2.30. The molecule has 10 bridgehead atoms. The Morgan fingerprint density at radius 2 is 1.00 bits per heavy atom. The van der Waals surface area contributed by atoms with Gasteiger partial charge in [0.1, 0.15) is 62.0 Å². The van der Waals surface area contributed by atoms with Crippen molar-refractivity contribution in [1.29, 1.82) is 5.26 Å². The summed E-state index contributed by atoms with van der Waals surface area (Å²) in [6.45, 7) is 33.4. The summed E-state index contributed by atoms with van der Waals surface area (Å²) in [5.41, 5.74) is 0.660. The van der Waals surface area contributed by atoms with Crippen LogP contribution in [0.2, 0.25) is 0 Å². The SMILES string of the molecule is C=C(CO)C(=O)OC.C=C(CO)C(=O)OC.C=C(CO)C(=O)OC1C2CC3C(=O)OC1C3O2.C=C(CO)C(=O)OCC1C2CC3OC(=O)C1C3C2.C=C(COC(=O)COC(C)=O)C(=O)OC1CCCC1.C=C(COC(=O)OC(C)(C)C)C(=O)OC1CCCCC1.C=C(COCC#N)C(=O)OC1CC1.C=C(COCCO)C(=O)OC1CC2CCC1C2.O=C1CC2(CO1)CC1CCC2C1.O=C1OCC2C3CCC(C3)C12. The molecule has 40 heteroatoms. The summed E-state index contributed by atoms with van der Waals surface area (Å²) in [5.74, 6) is 0.280. The molecule has 20 atom stereocenters. The number of carbonyl (C=O) groups excluding carboxylic acids is 15. The molecule has 17 aliphatic rings. The number of esters is 14. The summed E-state index contributed by atoms with van der Waals surface area (Å²) in [7, 11) is 2.48. The predicted octanol–water partition coefficient (Wildman–Crippen LogP) is 8.37. The van der Waals surface area contributed by atoms with Crippen LogP contribution in [-0.4, -0.2) is 289 Å². The number of aliphatic hydroxyl groups is 5. The number of aliphatic hydroxyl groups excluding tert-OH is 5. The molecule has 6 aliphatic heterocycles. The van der Waals surface area contributed by atoms with Gasteiger partial charge in [0.25, 0.3) is 0 Å². The van der Waals surface area contributed by atoms with Crippen LogP contribution in [0.15, 0.2) is 97.2 Å². The minimum absolute atomic E-state index is 0.0198. The number of ether oxygens (including phenoxy) is 19. The van der Waals surface area contributed by atoms with Crippen molar-refractivity contribution in [1.82, 2.24) is 0 Å². The Kier molecular flexibility index (Phi) is 46.7. The van der Waals surface area contributed by atoms with Crippen LogP contribution < -0.4 is 0 Å². The van der Waals surface area contributed by atoms with Crippen LogP contribution in [-0.2, 0) is 157 Å². The first-order valence-corrected chi connectivity index (χ1v) is 48.9. The monoisotopic (exact) mass is 2020 g/mol. The van der Waals surface area contributed by atoms with E-state index in [-0.39, 0.29) is 195 Å². The average Bonchev–Trinajstić information content (AvgIpc) is 1.62. The third kappa shape index (κ3) is 35.4. The van der Waals surface area contributed by atoms with Gasteiger partial charge in [-0.15, -0.1) is 0 Å². The standard InChI is InChI=1S/C15H24O5.C13H18O6.C13H16O5.C13H20O4.C11H12O6.C10H14O2.C9H11NO3.C9H12O2.2C5H8O3/c1-11(10-18-14(17)20-15(2,3)4)13(16)19-12-8-6-5-7-9-12;1-9(7-18-12(15)8-17-10(2)14)13(16)19-11-5-3-4-6-11;1-6(4-14)12(15)17-5-9-7-2-8-10(3-7)18-13(16)11(8)9;1-9(8-16-5-4-14)13(15)17-12-7-10-2-3-11(12)6-10;1-4(3-12)10(13)16-8-6-2-5-7(15-6)9(8)17-11(5)14;11-9-5-10(6-12-9)4-7-1-2-8(10)3-7;1-7(6-12-5-4-10)9(11)13-8-2-3-8;10-9-8-6-2-1-5(3-6)7(8)4-11-9;2*1-4(3-6)5(7)8-2/h12H,1,5-10H2,2-4H3;11H,1,3-8H2,2H3;7-11,14H,1-5H2;10-12,14H,1-8H2;5-9,12H,1-3H2;7-8H,1-6H2;8H,1-3,5-6H2;5-8H,1-4H2;2*6H,1,3H2,2H3. The molecule has 143 heavy (non-hydrogen) atoms. The number of rotatable bonds is 32. The summed E-state index contributed by atoms with van der Waals surface area (Å²) in [5, 5.41) is 50.7. The van der Waals surface area contributed by atoms with E-state index in [0.29, 0.717) is 59.3 Å². The maximum absolute atomic E-state index is 11.8. The molecular formula is C103H143NO39. The minimum Gasteiger partial charge on any atom is -0.466 e. The first kappa shape index (κ1) is 117. The summed E-state index contributed by atoms with van der Waals surface area (Å²) in [4.78, 5) is 168. The van der Waals surface area contributed by atoms with Gasteiger partial charge in [-0.25, -0.2) is 47.9 Å². The van der Waals surface area contributed by atoms with Crippen LogP contribution in [0.3, 0.4) is 0 Å². The van der Waals surface area contributed by atoms with Gasteiger partial charge >= 0.3 is 89.7 Å². The summed E-state index contributed by atoms with van der Waals surface area (Å²) >= 11 is 0. The van der Waals surface area contributed by atoms with E-state index in [1.165, 1.54) is 91.8 Å². The maximum atomic E-state index is 11.8. The number of hydrogen-bond acceptors (Lipinski definition) is 40. The highest BCUT2D eigenvalue weighted by molar-refractivity contribution is 5.92. The topological polar surface area (TPSA) is 556 Å². The smallest absolute Gasteiger partial charge is 0.466 e. The number of methoxy groups -OCH3 is 2. The fraction of sp³-hybridized carbons (Fsp3) is 0.689. The molecule has 794 valence electrons. The molecule has 6 heterocycles. The third-order valence-corrected chi connectivity index (χ3v) is 28.1. The zero-order valence-electron chi connectivity index (χ0n) is 82.9. The van der Waals surface area contributed by atoms with E-state index >= 15 is 0 Å². The number of carbonyl (C=O) groups is 15. The summed E-state index contributed by atoms with van der Waals surface area (Å²) in [6.07, 6.45) is 25.8. The fourth-order valence-electron chi connectivity index (χ4n) is 20.8. The quantitative estimate of drug-likeness (QED) is 0.0183. The van der Waals surface area contributed by atoms with E-state index in [2.05, 4.69) is 66.8 Å². The van der Waals surface area contributed by atoms with Crippen LogP contribution in [0.4, 0.5) is 4.79 Å². The van der Waals surface area contributed by atoms with Gasteiger partial charge in [0.15, 0.2) is 18.8 Å². The molecule has 5 N–H and O–H groups in total. The second-order valence-electron chi connectivity index (χ2n) is 39.6. The Morgan fingerprint density at radius 1 is 0.462 bits per heavy atom. The molecule has 11 aliphatic carbocycles. The van der Waals surface area contributed by atoms with Crippen LogP contribution in [0.25, 0.3) is 0 Å². The second kappa shape index (κ2) is 57.0. The van der Waals surface area contributed by atoms with Crippen molar-refractivity contribution in [3.8, 4) is 6.07 Å². The van der Waals surface area contributed by atoms with Gasteiger partial charge in [0, 0.05) is 30.1 Å². The van der Waals surface area contributed by atoms with Gasteiger partial charge < -0.3 is 116 Å². The molecule has 6 saturated heterocycles. The molecular weight excluding hydrogens is 1880 g/mol. The highest BCUT2D eigenvalue weighted by atomic mass is 16.7. The van der Waals surface area contributed by atoms with Crippen LogP contribution in [0.5, 0.6) is 0 Å². The molecule has 20 unspecified atom stereocenters. The Bertz CT molecular complexity index is 4530. The van der Waals surface area contributed by atoms with Gasteiger partial charge in [-0.3, -0.25) is 24.0 Å². The average molecular weight is 2020 g/mol. The minimum atomic E-state index is -0.816. The van der Waals surface area contributed by atoms with Gasteiger partial charge in [-0.1, -0.05) is 65.5 Å². The van der Waals surface area contributed by atoms with Crippen molar-refractivity contribution in [2.24, 2.45) is 82.3 Å². The molecule has 40 nitrogen and oxygen atoms in total. The first-order valence-electron chi connectivity index (χ1n) is 48.9. The lowest BCUT2D eigenvalue weighted by molar-refractivity contribution is -0.157. The van der Waals surface area contributed by atoms with E-state index in [1.54, 1.807) is 26.8 Å². The zero-order chi connectivity index (χ0) is 105. The van der Waals surface area contributed by atoms with Crippen LogP contribution in [0, 0.1) is 93.7 Å². The Morgan fingerprint density at radius 3 is 1.50 bits per heavy atom. The third-order valence-electron chi connectivity index (χ3n) is 28.1. The number of cyclic esters (lactones) is 2. The van der Waals surface area contributed by atoms with Crippen molar-refractivity contribution >= 4 is 89.7 Å². The Labute approximate surface area is 832 Å². The van der Waals surface area contributed by atoms with Crippen molar-refractivity contribution in [3.05, 3.63) is 97.2 Å². The van der Waals surface area contributed by atoms with Gasteiger partial charge in [-0.2, -0.15) is 5.26 Å². The number of hydrogen-bond donors (Lipinski definition) is 5. The van der Waals surface area contributed by atoms with Crippen molar-refractivity contribution in [3.63, 3.8) is 0 Å². The first-order chi connectivity index (χ1) is 68.0. The normalized spacial score (nSPS) is 28.4. The Hall–Kier alpha value is -11.1. The van der Waals surface area contributed by atoms with Crippen molar-refractivity contribution in [2.45, 2.75) is 255 Å². The summed E-state index contributed by atoms with van der Waals surface area (Å²) < 4.78 is 94.6. The second-order valence-corrected chi connectivity index (χ2v) is 39.6. The number of nitriles is 1. The molecule has 17 rings (SSSR count). The zero-order valence-corrected chi connectivity index (χ0v) is 82.9. The molecule has 1 spiro atoms. The number of fused-ring (bicyclic) bond motifs is 12. The van der Waals surface area contributed by atoms with Crippen molar-refractivity contribution in [2.75, 3.05) is 113 Å². The van der Waals surface area contributed by atoms with Gasteiger partial charge in [0.2, 0.25) is 0 Å². The highest BCUT2D eigenvalue weighted by Crippen LogP contribution is 2.61. The molecule has 0 aromatic heterocycles. The highest BCUT2D eigenvalue weighted by Gasteiger charge is 2.66. The maximum Gasteiger partial charge on any atom is 0.509 e. The van der Waals surface area contributed by atoms with Crippen molar-refractivity contribution < 1.29 is 187 Å². The van der Waals surface area contributed by atoms with Gasteiger partial charge in [-0.05, 0) is 210 Å². The van der Waals surface area contributed by atoms with E-state index in [4.69, 9.17) is 107 Å². The summed E-state index contributed by atoms with van der Waals surface area (Å²) in [6, 6.07) is 1.80. The predicted molar refractivity (Wildman–Crippen MR) is 498 cm³/mol. The van der Waals surface area contributed by atoms with Crippen LogP contribution >= 0.6 is 0 Å². The lowest BCUT2D eigenvalue weighted by Crippen LogP contribution is -2.40. The molecule has 17 fully saturated rings. The Balaban J connectivity index is 0.000000196. The van der Waals surface area contributed by atoms with E-state index in [1.807, 2.05) is 0 Å². The van der Waals surface area contributed by atoms with E-state index in [9.17, 15) is 71.9 Å². The lowest BCUT2D eigenvalue weighted by atomic mass is 9.73. The number of nitrogens with zero attached hydrogens (tertiary/aromatic N) is 1. The largest absolute Gasteiger partial charge is 0.509 e. The molecule has 0 amide bonds. The van der Waals surface area contributed by atoms with E-state index in [0.717, 1.165) is 120 Å². The molecule has 0 aromatic rings. The van der Waals surface area contributed by atoms with Gasteiger partial charge in [0.05, 0.1) is 168 Å². The van der Waals surface area contributed by atoms with Crippen LogP contribution in [0.1, 0.15) is 195 Å². The molecule has 11 saturated carbocycles. The molecule has 0 aromatic carbocycles. The van der Waals surface area contributed by atoms with E-state index < -0.39 is 97.5 Å².